The molecular weight excluding hydrogens is 366 g/mol. The molecule has 4 aromatic rings. The van der Waals surface area contributed by atoms with Gasteiger partial charge in [-0.2, -0.15) is 0 Å². The van der Waals surface area contributed by atoms with Crippen LogP contribution < -0.4 is 5.62 Å². The Hall–Kier alpha value is -2.78. The summed E-state index contributed by atoms with van der Waals surface area (Å²) in [6, 6.07) is 23.0. The van der Waals surface area contributed by atoms with Crippen molar-refractivity contribution < 1.29 is 0 Å². The van der Waals surface area contributed by atoms with Crippen LogP contribution in [0, 0.1) is 19.3 Å². The summed E-state index contributed by atoms with van der Waals surface area (Å²) in [6.45, 7) is 5.61. The first-order valence-electron chi connectivity index (χ1n) is 9.55. The third-order valence-electron chi connectivity index (χ3n) is 5.24. The molecule has 1 N–H and O–H groups in total. The quantitative estimate of drug-likeness (QED) is 0.468. The number of aromatic nitrogens is 2. The minimum absolute atomic E-state index is 0.505. The smallest absolute Gasteiger partial charge is 0.203 e. The molecule has 1 aromatic heterocycles. The van der Waals surface area contributed by atoms with Gasteiger partial charge in [0.2, 0.25) is 5.62 Å². The molecule has 0 saturated heterocycles. The Morgan fingerprint density at radius 2 is 1.36 bits per heavy atom. The maximum atomic E-state index is 8.82. The van der Waals surface area contributed by atoms with Crippen LogP contribution in [-0.4, -0.2) is 9.13 Å². The lowest BCUT2D eigenvalue weighted by molar-refractivity contribution is 0.621. The van der Waals surface area contributed by atoms with Gasteiger partial charge in [0.05, 0.1) is 17.6 Å². The standard InChI is InChI=1S/C24H24ClN3/c1-17-3-7-19(8-4-17)13-14-27-22-12-11-21(25)15-23(22)28(24(27)26)16-20-9-5-18(2)6-10-20/h3-12,15,26H,13-14,16H2,1-2H3. The Bertz CT molecular complexity index is 1170. The minimum atomic E-state index is 0.505. The van der Waals surface area contributed by atoms with Gasteiger partial charge < -0.3 is 9.13 Å². The average Bonchev–Trinajstić information content (AvgIpc) is 2.94. The number of nitrogens with one attached hydrogen (secondary N) is 1. The number of hydrogen-bond donors (Lipinski definition) is 1. The maximum absolute atomic E-state index is 8.82. The lowest BCUT2D eigenvalue weighted by Crippen LogP contribution is -2.25. The van der Waals surface area contributed by atoms with Crippen LogP contribution in [-0.2, 0) is 19.5 Å². The van der Waals surface area contributed by atoms with E-state index in [4.69, 9.17) is 17.0 Å². The topological polar surface area (TPSA) is 33.7 Å². The first-order chi connectivity index (χ1) is 13.5. The van der Waals surface area contributed by atoms with Gasteiger partial charge in [-0.15, -0.1) is 0 Å². The highest BCUT2D eigenvalue weighted by atomic mass is 35.5. The predicted octanol–water partition coefficient (Wildman–Crippen LogP) is 5.48. The van der Waals surface area contributed by atoms with Crippen molar-refractivity contribution in [2.24, 2.45) is 0 Å². The van der Waals surface area contributed by atoms with Crippen LogP contribution in [0.4, 0.5) is 0 Å². The van der Waals surface area contributed by atoms with E-state index in [1.807, 2.05) is 22.8 Å². The fraction of sp³-hybridized carbons (Fsp3) is 0.208. The molecular formula is C24H24ClN3. The van der Waals surface area contributed by atoms with E-state index >= 15 is 0 Å². The summed E-state index contributed by atoms with van der Waals surface area (Å²) in [5.41, 5.74) is 7.53. The lowest BCUT2D eigenvalue weighted by Gasteiger charge is -2.06. The number of aryl methyl sites for hydroxylation is 4. The molecule has 4 rings (SSSR count). The fourth-order valence-electron chi connectivity index (χ4n) is 3.57. The molecule has 3 nitrogen and oxygen atoms in total. The van der Waals surface area contributed by atoms with Crippen LogP contribution in [0.2, 0.25) is 5.02 Å². The molecule has 0 saturated carbocycles. The highest BCUT2D eigenvalue weighted by Crippen LogP contribution is 2.20. The summed E-state index contributed by atoms with van der Waals surface area (Å²) < 4.78 is 4.13. The zero-order chi connectivity index (χ0) is 19.7. The molecule has 0 fully saturated rings. The second-order valence-electron chi connectivity index (χ2n) is 7.42. The summed E-state index contributed by atoms with van der Waals surface area (Å²) >= 11 is 6.28. The highest BCUT2D eigenvalue weighted by Gasteiger charge is 2.12. The van der Waals surface area contributed by atoms with E-state index in [9.17, 15) is 0 Å². The molecule has 0 bridgehead atoms. The summed E-state index contributed by atoms with van der Waals surface area (Å²) in [7, 11) is 0. The van der Waals surface area contributed by atoms with E-state index in [1.54, 1.807) is 0 Å². The van der Waals surface area contributed by atoms with Crippen LogP contribution in [0.1, 0.15) is 22.3 Å². The number of fused-ring (bicyclic) bond motifs is 1. The SMILES string of the molecule is Cc1ccc(CCn2c(=N)n(Cc3ccc(C)cc3)c3cc(Cl)ccc32)cc1. The van der Waals surface area contributed by atoms with Gasteiger partial charge in [0.15, 0.2) is 0 Å². The van der Waals surface area contributed by atoms with E-state index < -0.39 is 0 Å². The molecule has 0 amide bonds. The second kappa shape index (κ2) is 7.69. The molecule has 0 atom stereocenters. The van der Waals surface area contributed by atoms with Crippen LogP contribution in [0.3, 0.4) is 0 Å². The van der Waals surface area contributed by atoms with Crippen LogP contribution in [0.25, 0.3) is 11.0 Å². The van der Waals surface area contributed by atoms with E-state index in [2.05, 4.69) is 66.9 Å². The number of benzene rings is 3. The van der Waals surface area contributed by atoms with Crippen molar-refractivity contribution in [2.45, 2.75) is 33.4 Å². The molecule has 1 heterocycles. The Morgan fingerprint density at radius 3 is 2.00 bits per heavy atom. The third-order valence-corrected chi connectivity index (χ3v) is 5.47. The van der Waals surface area contributed by atoms with E-state index in [-0.39, 0.29) is 0 Å². The van der Waals surface area contributed by atoms with Crippen molar-refractivity contribution in [3.63, 3.8) is 0 Å². The largest absolute Gasteiger partial charge is 0.310 e. The van der Waals surface area contributed by atoms with Crippen molar-refractivity contribution in [3.05, 3.63) is 99.6 Å². The van der Waals surface area contributed by atoms with Gasteiger partial charge in [-0.3, -0.25) is 5.41 Å². The molecule has 3 aromatic carbocycles. The van der Waals surface area contributed by atoms with Crippen molar-refractivity contribution in [1.82, 2.24) is 9.13 Å². The average molecular weight is 390 g/mol. The van der Waals surface area contributed by atoms with Crippen molar-refractivity contribution in [3.8, 4) is 0 Å². The van der Waals surface area contributed by atoms with Gasteiger partial charge in [0.1, 0.15) is 0 Å². The zero-order valence-electron chi connectivity index (χ0n) is 16.2. The first kappa shape index (κ1) is 18.6. The maximum Gasteiger partial charge on any atom is 0.203 e. The number of nitrogens with zero attached hydrogens (tertiary/aromatic N) is 2. The molecule has 0 radical (unpaired) electrons. The molecule has 0 aliphatic rings. The first-order valence-corrected chi connectivity index (χ1v) is 9.93. The van der Waals surface area contributed by atoms with Gasteiger partial charge >= 0.3 is 0 Å². The van der Waals surface area contributed by atoms with Gasteiger partial charge in [0, 0.05) is 11.6 Å². The number of halogens is 1. The molecule has 28 heavy (non-hydrogen) atoms. The lowest BCUT2D eigenvalue weighted by atomic mass is 10.1. The molecule has 0 spiro atoms. The number of rotatable bonds is 5. The van der Waals surface area contributed by atoms with E-state index in [0.29, 0.717) is 17.2 Å². The summed E-state index contributed by atoms with van der Waals surface area (Å²) in [5, 5.41) is 9.51. The summed E-state index contributed by atoms with van der Waals surface area (Å²) in [6.07, 6.45) is 0.892. The molecule has 4 heteroatoms. The Labute approximate surface area is 170 Å². The predicted molar refractivity (Wildman–Crippen MR) is 116 cm³/mol. The summed E-state index contributed by atoms with van der Waals surface area (Å²) in [4.78, 5) is 0. The molecule has 0 aliphatic heterocycles. The fourth-order valence-corrected chi connectivity index (χ4v) is 3.74. The van der Waals surface area contributed by atoms with Gasteiger partial charge in [-0.05, 0) is 49.6 Å². The molecule has 0 unspecified atom stereocenters. The van der Waals surface area contributed by atoms with Gasteiger partial charge in [-0.1, -0.05) is 71.3 Å². The van der Waals surface area contributed by atoms with E-state index in [1.165, 1.54) is 22.3 Å². The van der Waals surface area contributed by atoms with Crippen molar-refractivity contribution in [1.29, 1.82) is 5.41 Å². The minimum Gasteiger partial charge on any atom is -0.310 e. The second-order valence-corrected chi connectivity index (χ2v) is 7.85. The normalized spacial score (nSPS) is 11.2. The molecule has 142 valence electrons. The number of imidazole rings is 1. The van der Waals surface area contributed by atoms with Crippen molar-refractivity contribution in [2.75, 3.05) is 0 Å². The van der Waals surface area contributed by atoms with Crippen molar-refractivity contribution >= 4 is 22.6 Å². The highest BCUT2D eigenvalue weighted by molar-refractivity contribution is 6.31. The van der Waals surface area contributed by atoms with Gasteiger partial charge in [-0.25, -0.2) is 0 Å². The monoisotopic (exact) mass is 389 g/mol. The Morgan fingerprint density at radius 1 is 0.750 bits per heavy atom. The van der Waals surface area contributed by atoms with Crippen LogP contribution in [0.5, 0.6) is 0 Å². The number of hydrogen-bond acceptors (Lipinski definition) is 1. The molecule has 0 aliphatic carbocycles. The van der Waals surface area contributed by atoms with Crippen LogP contribution in [0.15, 0.2) is 66.7 Å². The Kier molecular flexibility index (Phi) is 5.10. The third kappa shape index (κ3) is 3.76. The van der Waals surface area contributed by atoms with Gasteiger partial charge in [0.25, 0.3) is 0 Å². The zero-order valence-corrected chi connectivity index (χ0v) is 17.0. The van der Waals surface area contributed by atoms with Crippen LogP contribution >= 0.6 is 11.6 Å². The Balaban J connectivity index is 1.72. The summed E-state index contributed by atoms with van der Waals surface area (Å²) in [5.74, 6) is 0. The van der Waals surface area contributed by atoms with E-state index in [0.717, 1.165) is 24.0 Å².